The monoisotopic (exact) mass is 865 g/mol. The fourth-order valence-corrected chi connectivity index (χ4v) is 9.75. The summed E-state index contributed by atoms with van der Waals surface area (Å²) in [4.78, 5) is 14.5. The molecular formula is C61H35N7. The Kier molecular flexibility index (Phi) is 9.51. The lowest BCUT2D eigenvalue weighted by atomic mass is 9.98. The molecule has 0 bridgehead atoms. The van der Waals surface area contributed by atoms with E-state index in [1.165, 1.54) is 0 Å². The molecule has 0 saturated heterocycles. The van der Waals surface area contributed by atoms with Crippen molar-refractivity contribution < 1.29 is 0 Å². The summed E-state index contributed by atoms with van der Waals surface area (Å²) >= 11 is 0. The molecule has 0 amide bonds. The summed E-state index contributed by atoms with van der Waals surface area (Å²) in [5.41, 5.74) is 14.4. The van der Waals surface area contributed by atoms with E-state index in [9.17, 15) is 10.5 Å². The highest BCUT2D eigenvalue weighted by Crippen LogP contribution is 2.43. The highest BCUT2D eigenvalue weighted by atomic mass is 15.0. The molecule has 3 aromatic heterocycles. The zero-order valence-electron chi connectivity index (χ0n) is 36.3. The number of nitriles is 2. The first-order chi connectivity index (χ1) is 33.6. The lowest BCUT2D eigenvalue weighted by molar-refractivity contribution is 1.11. The summed E-state index contributed by atoms with van der Waals surface area (Å²) < 4.78 is 4.37. The second kappa shape index (κ2) is 16.3. The van der Waals surface area contributed by atoms with Gasteiger partial charge in [-0.2, -0.15) is 10.5 Å². The van der Waals surface area contributed by atoms with Gasteiger partial charge in [-0.15, -0.1) is 0 Å². The maximum atomic E-state index is 11.7. The molecule has 68 heavy (non-hydrogen) atoms. The molecule has 9 aromatic carbocycles. The Morgan fingerprint density at radius 3 is 1.41 bits per heavy atom. The van der Waals surface area contributed by atoms with E-state index >= 15 is 0 Å². The van der Waals surface area contributed by atoms with Gasteiger partial charge in [-0.3, -0.25) is 0 Å². The number of hydrogen-bond acceptors (Lipinski definition) is 4. The molecule has 0 spiro atoms. The van der Waals surface area contributed by atoms with E-state index in [1.54, 1.807) is 0 Å². The van der Waals surface area contributed by atoms with Crippen molar-refractivity contribution >= 4 is 49.3 Å². The van der Waals surface area contributed by atoms with Gasteiger partial charge in [0.2, 0.25) is 0 Å². The minimum atomic E-state index is 0.461. The predicted octanol–water partition coefficient (Wildman–Crippen LogP) is 15.3. The van der Waals surface area contributed by atoms with E-state index in [1.807, 2.05) is 115 Å². The van der Waals surface area contributed by atoms with Crippen molar-refractivity contribution in [3.8, 4) is 79.7 Å². The molecule has 12 aromatic rings. The lowest BCUT2D eigenvalue weighted by Crippen LogP contribution is -2.06. The second-order valence-electron chi connectivity index (χ2n) is 16.7. The Hall–Kier alpha value is -9.87. The summed E-state index contributed by atoms with van der Waals surface area (Å²) in [6.07, 6.45) is 0. The van der Waals surface area contributed by atoms with Crippen LogP contribution in [0.5, 0.6) is 0 Å². The zero-order chi connectivity index (χ0) is 45.7. The van der Waals surface area contributed by atoms with Gasteiger partial charge in [-0.25, -0.2) is 14.8 Å². The normalized spacial score (nSPS) is 11.2. The van der Waals surface area contributed by atoms with E-state index in [4.69, 9.17) is 16.5 Å². The van der Waals surface area contributed by atoms with Crippen LogP contribution in [-0.2, 0) is 0 Å². The highest BCUT2D eigenvalue weighted by Gasteiger charge is 2.24. The summed E-state index contributed by atoms with van der Waals surface area (Å²) in [6.45, 7) is 7.92. The van der Waals surface area contributed by atoms with Crippen LogP contribution in [0.15, 0.2) is 212 Å². The Balaban J connectivity index is 1.19. The summed E-state index contributed by atoms with van der Waals surface area (Å²) in [5, 5.41) is 25.7. The van der Waals surface area contributed by atoms with Gasteiger partial charge in [-0.05, 0) is 82.9 Å². The lowest BCUT2D eigenvalue weighted by Gasteiger charge is -2.18. The Morgan fingerprint density at radius 1 is 0.397 bits per heavy atom. The molecule has 0 aliphatic carbocycles. The van der Waals surface area contributed by atoms with Gasteiger partial charge in [0, 0.05) is 38.2 Å². The molecule has 314 valence electrons. The smallest absolute Gasteiger partial charge is 0.194 e. The average molecular weight is 866 g/mol. The van der Waals surface area contributed by atoms with Gasteiger partial charge >= 0.3 is 0 Å². The van der Waals surface area contributed by atoms with Gasteiger partial charge in [0.1, 0.15) is 11.6 Å². The molecule has 0 aliphatic heterocycles. The van der Waals surface area contributed by atoms with Crippen LogP contribution in [0, 0.1) is 29.2 Å². The van der Waals surface area contributed by atoms with Gasteiger partial charge in [0.25, 0.3) is 0 Å². The fourth-order valence-electron chi connectivity index (χ4n) is 9.75. The molecule has 12 rings (SSSR count). The molecule has 0 atom stereocenters. The van der Waals surface area contributed by atoms with Gasteiger partial charge in [-0.1, -0.05) is 152 Å². The van der Waals surface area contributed by atoms with Crippen molar-refractivity contribution in [1.29, 1.82) is 10.5 Å². The van der Waals surface area contributed by atoms with E-state index in [2.05, 4.69) is 123 Å². The largest absolute Gasteiger partial charge is 0.308 e. The van der Waals surface area contributed by atoms with Crippen molar-refractivity contribution in [3.05, 3.63) is 235 Å². The molecule has 0 fully saturated rings. The van der Waals surface area contributed by atoms with E-state index in [-0.39, 0.29) is 0 Å². The first-order valence-electron chi connectivity index (χ1n) is 22.2. The average Bonchev–Trinajstić information content (AvgIpc) is 3.92. The molecule has 7 heteroatoms. The van der Waals surface area contributed by atoms with Crippen LogP contribution in [0.1, 0.15) is 11.1 Å². The number of nitrogens with zero attached hydrogens (tertiary/aromatic N) is 7. The van der Waals surface area contributed by atoms with Crippen molar-refractivity contribution in [1.82, 2.24) is 19.1 Å². The first kappa shape index (κ1) is 39.7. The van der Waals surface area contributed by atoms with Gasteiger partial charge in [0.15, 0.2) is 11.5 Å². The number of benzene rings is 9. The van der Waals surface area contributed by atoms with Crippen LogP contribution in [0.4, 0.5) is 5.69 Å². The third-order valence-corrected chi connectivity index (χ3v) is 12.9. The summed E-state index contributed by atoms with van der Waals surface area (Å²) in [6, 6.07) is 76.0. The molecule has 0 aliphatic rings. The zero-order valence-corrected chi connectivity index (χ0v) is 36.3. The van der Waals surface area contributed by atoms with Crippen LogP contribution in [0.3, 0.4) is 0 Å². The first-order valence-corrected chi connectivity index (χ1v) is 22.2. The number of rotatable bonds is 7. The quantitative estimate of drug-likeness (QED) is 0.149. The fraction of sp³-hybridized carbons (Fsp3) is 0. The summed E-state index contributed by atoms with van der Waals surface area (Å²) in [7, 11) is 0. The van der Waals surface area contributed by atoms with E-state index in [0.717, 1.165) is 93.9 Å². The SMILES string of the molecule is [C-]#[N+]c1ccccc1-c1ccc2c(c1)c1ccccc1n2-c1cc(-c2nc(-c3ccccc3)cc(-c3ccccc3)n2)cc(-n2c3ccccc3c3cc(-c4ccccc4C#N)ccc32)c1C#N. The Morgan fingerprint density at radius 2 is 0.868 bits per heavy atom. The van der Waals surface area contributed by atoms with Crippen molar-refractivity contribution in [2.45, 2.75) is 0 Å². The van der Waals surface area contributed by atoms with Crippen LogP contribution >= 0.6 is 0 Å². The predicted molar refractivity (Wildman–Crippen MR) is 274 cm³/mol. The van der Waals surface area contributed by atoms with E-state index in [0.29, 0.717) is 34.0 Å². The van der Waals surface area contributed by atoms with Crippen molar-refractivity contribution in [2.75, 3.05) is 0 Å². The third-order valence-electron chi connectivity index (χ3n) is 12.9. The Labute approximate surface area is 391 Å². The maximum absolute atomic E-state index is 11.7. The maximum Gasteiger partial charge on any atom is 0.194 e. The molecular weight excluding hydrogens is 831 g/mol. The van der Waals surface area contributed by atoms with Gasteiger partial charge < -0.3 is 9.13 Å². The third kappa shape index (κ3) is 6.49. The van der Waals surface area contributed by atoms with Crippen molar-refractivity contribution in [3.63, 3.8) is 0 Å². The van der Waals surface area contributed by atoms with Crippen LogP contribution < -0.4 is 0 Å². The molecule has 0 saturated carbocycles. The second-order valence-corrected chi connectivity index (χ2v) is 16.7. The topological polar surface area (TPSA) is 87.6 Å². The minimum absolute atomic E-state index is 0.461. The minimum Gasteiger partial charge on any atom is -0.308 e. The standard InChI is InChI=1S/C61H35N7/c1-64-52-25-13-10-22-46(52)42-29-31-58-50(33-42)48-24-12-15-27-56(48)68(58)60-35-44(61-65-53(39-16-4-2-5-17-39)36-54(66-61)40-18-6-3-7-19-40)34-59(51(60)38-63)67-55-26-14-11-23-47(55)49-32-41(28-30-57(49)67)45-21-9-8-20-43(45)37-62/h2-36H. The number of fused-ring (bicyclic) bond motifs is 6. The number of aromatic nitrogens is 4. The molecule has 3 heterocycles. The Bertz CT molecular complexity index is 3870. The van der Waals surface area contributed by atoms with Crippen LogP contribution in [0.25, 0.3) is 116 Å². The summed E-state index contributed by atoms with van der Waals surface area (Å²) in [5.74, 6) is 0.507. The van der Waals surface area contributed by atoms with Crippen molar-refractivity contribution in [2.24, 2.45) is 0 Å². The highest BCUT2D eigenvalue weighted by molar-refractivity contribution is 6.13. The van der Waals surface area contributed by atoms with Gasteiger partial charge in [0.05, 0.1) is 63.0 Å². The number of para-hydroxylation sites is 3. The van der Waals surface area contributed by atoms with E-state index < -0.39 is 0 Å². The van der Waals surface area contributed by atoms with Crippen LogP contribution in [0.2, 0.25) is 0 Å². The molecule has 0 N–H and O–H groups in total. The van der Waals surface area contributed by atoms with Crippen LogP contribution in [-0.4, -0.2) is 19.1 Å². The molecule has 0 unspecified atom stereocenters. The molecule has 0 radical (unpaired) electrons. The number of hydrogen-bond donors (Lipinski definition) is 0. The molecule has 7 nitrogen and oxygen atoms in total.